The van der Waals surface area contributed by atoms with Crippen LogP contribution in [-0.4, -0.2) is 30.9 Å². The number of nitrogens with zero attached hydrogens (tertiary/aromatic N) is 1. The molecule has 0 bridgehead atoms. The third-order valence-corrected chi connectivity index (χ3v) is 1.57. The maximum Gasteiger partial charge on any atom is 0.411 e. The van der Waals surface area contributed by atoms with Gasteiger partial charge in [-0.15, -0.1) is 0 Å². The molecule has 0 spiro atoms. The normalized spacial score (nSPS) is 11.5. The van der Waals surface area contributed by atoms with Gasteiger partial charge in [0.15, 0.2) is 0 Å². The lowest BCUT2D eigenvalue weighted by atomic mass is 10.4. The van der Waals surface area contributed by atoms with Gasteiger partial charge in [-0.3, -0.25) is 0 Å². The Morgan fingerprint density at radius 1 is 1.38 bits per heavy atom. The highest BCUT2D eigenvalue weighted by atomic mass is 19.4. The molecule has 1 heterocycles. The smallest absolute Gasteiger partial charge is 0.383 e. The molecule has 0 aliphatic heterocycles. The summed E-state index contributed by atoms with van der Waals surface area (Å²) in [4.78, 5) is 3.33. The molecule has 7 heteroatoms. The summed E-state index contributed by atoms with van der Waals surface area (Å²) in [7, 11) is 0. The number of nitrogens with one attached hydrogen (secondary N) is 1. The molecule has 0 saturated carbocycles. The first-order valence-electron chi connectivity index (χ1n) is 4.47. The van der Waals surface area contributed by atoms with Gasteiger partial charge in [0.1, 0.15) is 6.61 Å². The molecule has 0 amide bonds. The lowest BCUT2D eigenvalue weighted by molar-refractivity contribution is -0.172. The molecule has 0 aliphatic carbocycles. The van der Waals surface area contributed by atoms with E-state index in [1.807, 2.05) is 0 Å². The fraction of sp³-hybridized carbons (Fsp3) is 0.444. The number of anilines is 1. The van der Waals surface area contributed by atoms with Crippen LogP contribution in [0.4, 0.5) is 23.2 Å². The molecule has 0 atom stereocenters. The molecule has 0 saturated heterocycles. The third kappa shape index (κ3) is 5.50. The van der Waals surface area contributed by atoms with Gasteiger partial charge in [0.2, 0.25) is 5.95 Å². The van der Waals surface area contributed by atoms with E-state index < -0.39 is 18.7 Å². The summed E-state index contributed by atoms with van der Waals surface area (Å²) < 4.78 is 51.9. The molecule has 90 valence electrons. The molecule has 0 radical (unpaired) electrons. The Balaban J connectivity index is 2.17. The summed E-state index contributed by atoms with van der Waals surface area (Å²) in [6.45, 7) is -1.22. The van der Waals surface area contributed by atoms with Gasteiger partial charge >= 0.3 is 6.18 Å². The van der Waals surface area contributed by atoms with Gasteiger partial charge in [-0.2, -0.15) is 17.6 Å². The van der Waals surface area contributed by atoms with Gasteiger partial charge in [-0.25, -0.2) is 4.98 Å². The van der Waals surface area contributed by atoms with E-state index >= 15 is 0 Å². The summed E-state index contributed by atoms with van der Waals surface area (Å²) in [6.07, 6.45) is -3.06. The van der Waals surface area contributed by atoms with Gasteiger partial charge in [0.05, 0.1) is 6.61 Å². The molecule has 3 nitrogen and oxygen atoms in total. The highest BCUT2D eigenvalue weighted by Gasteiger charge is 2.27. The van der Waals surface area contributed by atoms with Crippen molar-refractivity contribution in [3.8, 4) is 0 Å². The quantitative estimate of drug-likeness (QED) is 0.485. The number of rotatable bonds is 5. The average molecular weight is 238 g/mol. The first kappa shape index (κ1) is 12.7. The highest BCUT2D eigenvalue weighted by Crippen LogP contribution is 2.14. The Labute approximate surface area is 89.4 Å². The van der Waals surface area contributed by atoms with Crippen molar-refractivity contribution in [3.05, 3.63) is 24.3 Å². The standard InChI is InChI=1S/C9H10F4N2O/c10-8-5-7(1-2-15-8)14-3-4-16-6-9(11,12)13/h1-2,5H,3-4,6H2,(H,14,15). The number of alkyl halides is 3. The van der Waals surface area contributed by atoms with Crippen LogP contribution in [0.2, 0.25) is 0 Å². The fourth-order valence-corrected chi connectivity index (χ4v) is 0.968. The van der Waals surface area contributed by atoms with Crippen molar-refractivity contribution in [2.75, 3.05) is 25.1 Å². The molecule has 1 aromatic rings. The average Bonchev–Trinajstić information content (AvgIpc) is 2.15. The van der Waals surface area contributed by atoms with Crippen molar-refractivity contribution >= 4 is 5.69 Å². The van der Waals surface area contributed by atoms with E-state index in [2.05, 4.69) is 15.0 Å². The lowest BCUT2D eigenvalue weighted by Crippen LogP contribution is -2.20. The Hall–Kier alpha value is -1.37. The van der Waals surface area contributed by atoms with Gasteiger partial charge in [0.25, 0.3) is 0 Å². The molecule has 1 N–H and O–H groups in total. The predicted molar refractivity (Wildman–Crippen MR) is 49.6 cm³/mol. The Bertz CT molecular complexity index is 330. The van der Waals surface area contributed by atoms with Crippen LogP contribution in [0.15, 0.2) is 18.3 Å². The molecule has 1 aromatic heterocycles. The first-order valence-corrected chi connectivity index (χ1v) is 4.47. The lowest BCUT2D eigenvalue weighted by Gasteiger charge is -2.08. The molecular formula is C9H10F4N2O. The minimum Gasteiger partial charge on any atom is -0.383 e. The van der Waals surface area contributed by atoms with Crippen LogP contribution in [0, 0.1) is 5.95 Å². The Kier molecular flexibility index (Phi) is 4.48. The van der Waals surface area contributed by atoms with Crippen molar-refractivity contribution in [2.45, 2.75) is 6.18 Å². The fourth-order valence-electron chi connectivity index (χ4n) is 0.968. The van der Waals surface area contributed by atoms with E-state index in [9.17, 15) is 17.6 Å². The number of halogens is 4. The van der Waals surface area contributed by atoms with Crippen molar-refractivity contribution in [3.63, 3.8) is 0 Å². The number of hydrogen-bond donors (Lipinski definition) is 1. The number of aromatic nitrogens is 1. The zero-order chi connectivity index (χ0) is 12.0. The summed E-state index contributed by atoms with van der Waals surface area (Å²) in [5.41, 5.74) is 0.447. The summed E-state index contributed by atoms with van der Waals surface area (Å²) in [5, 5.41) is 2.70. The van der Waals surface area contributed by atoms with E-state index in [0.29, 0.717) is 5.69 Å². The molecule has 1 rings (SSSR count). The van der Waals surface area contributed by atoms with Crippen LogP contribution in [0.3, 0.4) is 0 Å². The molecule has 0 aromatic carbocycles. The number of hydrogen-bond acceptors (Lipinski definition) is 3. The van der Waals surface area contributed by atoms with Gasteiger partial charge in [-0.1, -0.05) is 0 Å². The second kappa shape index (κ2) is 5.64. The van der Waals surface area contributed by atoms with Crippen LogP contribution >= 0.6 is 0 Å². The Morgan fingerprint density at radius 3 is 2.75 bits per heavy atom. The molecular weight excluding hydrogens is 228 g/mol. The molecule has 0 fully saturated rings. The van der Waals surface area contributed by atoms with Gasteiger partial charge in [-0.05, 0) is 6.07 Å². The number of pyridine rings is 1. The Morgan fingerprint density at radius 2 is 2.12 bits per heavy atom. The topological polar surface area (TPSA) is 34.1 Å². The van der Waals surface area contributed by atoms with Crippen LogP contribution in [0.1, 0.15) is 0 Å². The summed E-state index contributed by atoms with van der Waals surface area (Å²) in [6, 6.07) is 2.65. The van der Waals surface area contributed by atoms with Crippen LogP contribution < -0.4 is 5.32 Å². The second-order valence-corrected chi connectivity index (χ2v) is 2.96. The zero-order valence-electron chi connectivity index (χ0n) is 8.22. The maximum absolute atomic E-state index is 12.6. The van der Waals surface area contributed by atoms with E-state index in [-0.39, 0.29) is 13.2 Å². The van der Waals surface area contributed by atoms with Gasteiger partial charge < -0.3 is 10.1 Å². The molecule has 16 heavy (non-hydrogen) atoms. The summed E-state index contributed by atoms with van der Waals surface area (Å²) in [5.74, 6) is -0.652. The van der Waals surface area contributed by atoms with E-state index in [1.165, 1.54) is 12.3 Å². The zero-order valence-corrected chi connectivity index (χ0v) is 8.22. The maximum atomic E-state index is 12.6. The third-order valence-electron chi connectivity index (χ3n) is 1.57. The monoisotopic (exact) mass is 238 g/mol. The minimum absolute atomic E-state index is 0.108. The van der Waals surface area contributed by atoms with Crippen LogP contribution in [0.5, 0.6) is 0 Å². The first-order chi connectivity index (χ1) is 7.47. The van der Waals surface area contributed by atoms with E-state index in [4.69, 9.17) is 0 Å². The minimum atomic E-state index is -4.32. The van der Waals surface area contributed by atoms with Crippen molar-refractivity contribution in [1.82, 2.24) is 4.98 Å². The second-order valence-electron chi connectivity index (χ2n) is 2.96. The van der Waals surface area contributed by atoms with Crippen molar-refractivity contribution < 1.29 is 22.3 Å². The predicted octanol–water partition coefficient (Wildman–Crippen LogP) is 2.21. The van der Waals surface area contributed by atoms with E-state index in [1.54, 1.807) is 0 Å². The van der Waals surface area contributed by atoms with Crippen molar-refractivity contribution in [2.24, 2.45) is 0 Å². The van der Waals surface area contributed by atoms with E-state index in [0.717, 1.165) is 6.07 Å². The largest absolute Gasteiger partial charge is 0.411 e. The van der Waals surface area contributed by atoms with Crippen LogP contribution in [-0.2, 0) is 4.74 Å². The highest BCUT2D eigenvalue weighted by molar-refractivity contribution is 5.40. The van der Waals surface area contributed by atoms with Gasteiger partial charge in [0, 0.05) is 24.5 Å². The summed E-state index contributed by atoms with van der Waals surface area (Å²) >= 11 is 0. The van der Waals surface area contributed by atoms with Crippen molar-refractivity contribution in [1.29, 1.82) is 0 Å². The molecule has 0 aliphatic rings. The van der Waals surface area contributed by atoms with Crippen LogP contribution in [0.25, 0.3) is 0 Å². The molecule has 0 unspecified atom stereocenters. The number of ether oxygens (including phenoxy) is 1. The SMILES string of the molecule is Fc1cc(NCCOCC(F)(F)F)ccn1.